The average molecular weight is 1680 g/mol. The van der Waals surface area contributed by atoms with Crippen molar-refractivity contribution in [2.75, 3.05) is 68.0 Å². The number of aliphatic hydroxyl groups is 1. The van der Waals surface area contributed by atoms with Crippen LogP contribution in [0, 0.1) is 80.9 Å². The van der Waals surface area contributed by atoms with Crippen molar-refractivity contribution in [3.05, 3.63) is 250 Å². The summed E-state index contributed by atoms with van der Waals surface area (Å²) < 4.78 is 29.0. The largest absolute Gasteiger partial charge is 0.495 e. The molecule has 8 aromatic heterocycles. The summed E-state index contributed by atoms with van der Waals surface area (Å²) in [6, 6.07) is 67.7. The van der Waals surface area contributed by atoms with Gasteiger partial charge in [0.25, 0.3) is 0 Å². The summed E-state index contributed by atoms with van der Waals surface area (Å²) in [6.07, 6.45) is -0.691. The van der Waals surface area contributed by atoms with Crippen molar-refractivity contribution in [3.8, 4) is 98.0 Å². The van der Waals surface area contributed by atoms with E-state index in [0.717, 1.165) is 85.4 Å². The van der Waals surface area contributed by atoms with Crippen LogP contribution in [0.25, 0.3) is 113 Å². The Morgan fingerprint density at radius 3 is 1.26 bits per heavy atom. The molecule has 0 atom stereocenters. The molecule has 1 aliphatic heterocycles. The number of morpholine rings is 1. The normalized spacial score (nSPS) is 11.7. The molecule has 0 spiro atoms. The van der Waals surface area contributed by atoms with Gasteiger partial charge in [0, 0.05) is 49.2 Å². The number of nitrogens with zero attached hydrogens (tertiary/aromatic N) is 21. The van der Waals surface area contributed by atoms with Crippen LogP contribution in [-0.4, -0.2) is 160 Å². The third-order valence-corrected chi connectivity index (χ3v) is 20.1. The first-order chi connectivity index (χ1) is 60.7. The number of aromatic nitrogens is 16. The number of hydrogen-bond donors (Lipinski definition) is 4. The lowest BCUT2D eigenvalue weighted by molar-refractivity contribution is -0.124. The smallest absolute Gasteiger partial charge is 0.414 e. The molecule has 630 valence electrons. The topological polar surface area (TPSA) is 423 Å². The molecule has 5 N–H and O–H groups in total. The van der Waals surface area contributed by atoms with E-state index in [-0.39, 0.29) is 63.0 Å². The van der Waals surface area contributed by atoms with Crippen molar-refractivity contribution < 1.29 is 38.4 Å². The Morgan fingerprint density at radius 2 is 0.849 bits per heavy atom. The van der Waals surface area contributed by atoms with Gasteiger partial charge in [-0.2, -0.15) is 15.8 Å². The number of hydrogen-bond acceptors (Lipinski definition) is 26. The number of rotatable bonds is 15. The minimum atomic E-state index is -0.707. The number of benzene rings is 8. The van der Waals surface area contributed by atoms with Gasteiger partial charge in [-0.3, -0.25) is 33.2 Å². The Labute approximate surface area is 724 Å². The highest BCUT2D eigenvalue weighted by Gasteiger charge is 2.32. The number of para-hydroxylation sites is 6. The van der Waals surface area contributed by atoms with Crippen molar-refractivity contribution in [1.82, 2.24) is 78.1 Å². The van der Waals surface area contributed by atoms with E-state index in [9.17, 15) is 35.3 Å². The number of imide groups is 1. The Kier molecular flexibility index (Phi) is 25.2. The molecule has 3 amide bonds. The van der Waals surface area contributed by atoms with E-state index in [1.807, 2.05) is 180 Å². The second-order valence-electron chi connectivity index (χ2n) is 30.3. The number of amides is 3. The van der Waals surface area contributed by atoms with Gasteiger partial charge < -0.3 is 40.1 Å². The summed E-state index contributed by atoms with van der Waals surface area (Å²) in [5, 5.41) is 49.9. The molecule has 0 radical (unpaired) electrons. The number of fused-ring (bicyclic) bond motifs is 4. The molecule has 17 rings (SSSR count). The summed E-state index contributed by atoms with van der Waals surface area (Å²) in [7, 11) is 3.06. The number of aliphatic hydroxyl groups excluding tert-OH is 1. The van der Waals surface area contributed by atoms with Gasteiger partial charge >= 0.3 is 6.09 Å². The van der Waals surface area contributed by atoms with E-state index in [1.54, 1.807) is 73.4 Å². The molecule has 1 aliphatic rings. The zero-order valence-electron chi connectivity index (χ0n) is 71.3. The van der Waals surface area contributed by atoms with Crippen molar-refractivity contribution >= 4 is 92.1 Å². The summed E-state index contributed by atoms with van der Waals surface area (Å²) in [6.45, 7) is 22.2. The predicted molar refractivity (Wildman–Crippen MR) is 479 cm³/mol. The van der Waals surface area contributed by atoms with Gasteiger partial charge in [-0.25, -0.2) is 69.5 Å². The van der Waals surface area contributed by atoms with Crippen molar-refractivity contribution in [3.63, 3.8) is 0 Å². The van der Waals surface area contributed by atoms with Gasteiger partial charge in [-0.05, 0) is 110 Å². The quantitative estimate of drug-likeness (QED) is 0.0692. The minimum absolute atomic E-state index is 0.00126. The van der Waals surface area contributed by atoms with Gasteiger partial charge in [0.1, 0.15) is 63.1 Å². The lowest BCUT2D eigenvalue weighted by atomic mass is 10.1. The van der Waals surface area contributed by atoms with Crippen LogP contribution >= 0.6 is 0 Å². The van der Waals surface area contributed by atoms with E-state index < -0.39 is 30.1 Å². The van der Waals surface area contributed by atoms with E-state index in [4.69, 9.17) is 55.0 Å². The highest BCUT2D eigenvalue weighted by atomic mass is 16.6. The van der Waals surface area contributed by atoms with Gasteiger partial charge in [0.15, 0.2) is 63.0 Å². The van der Waals surface area contributed by atoms with Gasteiger partial charge in [0.2, 0.25) is 35.6 Å². The number of nitrogens with two attached hydrogens (primary N) is 1. The molecule has 1 saturated heterocycles. The van der Waals surface area contributed by atoms with Crippen LogP contribution in [-0.2, 0) is 19.1 Å². The molecule has 32 nitrogen and oxygen atoms in total. The van der Waals surface area contributed by atoms with Crippen LogP contribution in [0.1, 0.15) is 90.8 Å². The van der Waals surface area contributed by atoms with Crippen LogP contribution in [0.2, 0.25) is 0 Å². The van der Waals surface area contributed by atoms with Gasteiger partial charge in [0.05, 0.1) is 62.5 Å². The standard InChI is InChI=1S/C25H24N6O3.C24H20N6O3.C24H22N6O.C21H20N6O/c1-15-10-12-16(13-11-15)21-27-17(14-26)20-22(29-21)31(18-8-6-7-9-19(18)33-5)23(28-20)30-24(32)34-25(2,3)4;1-14-9-11-17(12-10-14)22-26-18(13-25)21-23(28-22)30(19-7-5-6-8-20(19)33-4)24(27-21)29(15(2)31)16(3)32;1-16-7-9-18(10-8-16)22-26-19(15-25)21-23(28-22)30(20-6-4-3-5-17(20)2)24(27-21)29-11-13-31-14-12-29;1-12-7-9-14(10-8-12)19-24-17(15(22)11-28)18-20(26-19)27(21(23)25-18)16-6-4-3-5-13(16)2/h6-13H,1-5H3,(H,28,30,32);5-12H,1-4H3;3-10H,11-14H2,1-2H3;3-10,22,28H,11H2,1-2H3,(H2,23,25). The fourth-order valence-electron chi connectivity index (χ4n) is 13.9. The fourth-order valence-corrected chi connectivity index (χ4v) is 13.9. The summed E-state index contributed by atoms with van der Waals surface area (Å²) >= 11 is 0. The van der Waals surface area contributed by atoms with Crippen LogP contribution < -0.4 is 30.3 Å². The van der Waals surface area contributed by atoms with Crippen LogP contribution in [0.5, 0.6) is 11.5 Å². The number of nitrogen functional groups attached to an aromatic ring is 1. The Morgan fingerprint density at radius 1 is 0.476 bits per heavy atom. The molecule has 32 heteroatoms. The van der Waals surface area contributed by atoms with Crippen molar-refractivity contribution in [2.24, 2.45) is 0 Å². The summed E-state index contributed by atoms with van der Waals surface area (Å²) in [5.41, 5.74) is 21.9. The molecule has 0 bridgehead atoms. The first-order valence-corrected chi connectivity index (χ1v) is 39.9. The van der Waals surface area contributed by atoms with E-state index >= 15 is 0 Å². The Hall–Kier alpha value is -16.4. The van der Waals surface area contributed by atoms with E-state index in [1.165, 1.54) is 25.5 Å². The first kappa shape index (κ1) is 86.0. The number of ether oxygens (including phenoxy) is 4. The Bertz CT molecular complexity index is 6990. The third kappa shape index (κ3) is 18.0. The Balaban J connectivity index is 0.000000137. The van der Waals surface area contributed by atoms with Crippen molar-refractivity contribution in [1.29, 1.82) is 21.2 Å². The highest BCUT2D eigenvalue weighted by Crippen LogP contribution is 2.38. The monoisotopic (exact) mass is 1680 g/mol. The molecular formula is C94H86N24O8. The molecule has 0 aliphatic carbocycles. The van der Waals surface area contributed by atoms with E-state index in [0.29, 0.717) is 92.9 Å². The predicted octanol–water partition coefficient (Wildman–Crippen LogP) is 15.4. The number of carbonyl (C=O) groups is 3. The molecule has 0 unspecified atom stereocenters. The van der Waals surface area contributed by atoms with Crippen molar-refractivity contribution in [2.45, 2.75) is 81.8 Å². The molecule has 16 aromatic rings. The van der Waals surface area contributed by atoms with Crippen LogP contribution in [0.4, 0.5) is 28.6 Å². The number of nitriles is 3. The van der Waals surface area contributed by atoms with Gasteiger partial charge in [-0.1, -0.05) is 180 Å². The minimum Gasteiger partial charge on any atom is -0.495 e. The number of anilines is 4. The molecule has 1 fully saturated rings. The highest BCUT2D eigenvalue weighted by molar-refractivity contribution is 6.13. The molecule has 8 aromatic carbocycles. The number of carbonyl (C=O) groups excluding carboxylic acids is 3. The van der Waals surface area contributed by atoms with Crippen LogP contribution in [0.15, 0.2) is 194 Å². The lowest BCUT2D eigenvalue weighted by Crippen LogP contribution is -2.37. The maximum atomic E-state index is 12.6. The second kappa shape index (κ2) is 36.9. The number of imidazole rings is 4. The number of aryl methyl sites for hydroxylation is 6. The zero-order chi connectivity index (χ0) is 89.4. The average Bonchev–Trinajstić information content (AvgIpc) is 1.59. The zero-order valence-corrected chi connectivity index (χ0v) is 71.3. The lowest BCUT2D eigenvalue weighted by Gasteiger charge is -2.28. The number of nitrogens with one attached hydrogen (secondary N) is 2. The maximum absolute atomic E-state index is 12.6. The van der Waals surface area contributed by atoms with E-state index in [2.05, 4.69) is 86.9 Å². The SMILES string of the molecule is COc1ccccc1-n1c(N(C(C)=O)C(C)=O)nc2c(C#N)nc(-c3ccc(C)cc3)nc21.COc1ccccc1-n1c(NC(=O)OC(C)(C)C)nc2c(C#N)nc(-c3ccc(C)cc3)nc21.Cc1ccc(-c2nc(C#N)c3nc(N4CCOCC4)n(-c4ccccc4C)c3n2)cc1.Cc1ccc(-c2nc(C(=N)CO)c3nc(N)n(-c4ccccc4C)c3n2)cc1. The summed E-state index contributed by atoms with van der Waals surface area (Å²) in [4.78, 5) is 95.7. The molecule has 9 heterocycles. The second-order valence-corrected chi connectivity index (χ2v) is 30.3. The fraction of sp³-hybridized carbons (Fsp3) is 0.202. The maximum Gasteiger partial charge on any atom is 0.414 e. The van der Waals surface area contributed by atoms with Gasteiger partial charge in [-0.15, -0.1) is 0 Å². The number of methoxy groups -OCH3 is 2. The first-order valence-electron chi connectivity index (χ1n) is 39.9. The third-order valence-electron chi connectivity index (χ3n) is 20.1. The van der Waals surface area contributed by atoms with Crippen LogP contribution in [0.3, 0.4) is 0 Å². The molecule has 0 saturated carbocycles. The molecule has 126 heavy (non-hydrogen) atoms. The molecular weight excluding hydrogens is 1590 g/mol. The summed E-state index contributed by atoms with van der Waals surface area (Å²) in [5.74, 6) is 2.75.